The molecule has 6 heteroatoms. The number of hydrogen-bond donors (Lipinski definition) is 0. The van der Waals surface area contributed by atoms with Crippen molar-refractivity contribution in [3.63, 3.8) is 0 Å². The van der Waals surface area contributed by atoms with Gasteiger partial charge >= 0.3 is 0 Å². The van der Waals surface area contributed by atoms with E-state index < -0.39 is 6.04 Å². The molecule has 1 aliphatic rings. The van der Waals surface area contributed by atoms with E-state index in [4.69, 9.17) is 26.5 Å². The van der Waals surface area contributed by atoms with Crippen LogP contribution in [0, 0.1) is 0 Å². The van der Waals surface area contributed by atoms with E-state index in [1.165, 1.54) is 10.8 Å². The fourth-order valence-electron chi connectivity index (χ4n) is 5.71. The summed E-state index contributed by atoms with van der Waals surface area (Å²) >= 11 is 6.45. The van der Waals surface area contributed by atoms with Crippen molar-refractivity contribution in [3.05, 3.63) is 134 Å². The second kappa shape index (κ2) is 8.99. The molecule has 0 radical (unpaired) electrons. The molecule has 8 rings (SSSR count). The third-order valence-corrected chi connectivity index (χ3v) is 12.5. The first-order chi connectivity index (χ1) is 19.7. The second-order valence-electron chi connectivity index (χ2n) is 9.83. The lowest BCUT2D eigenvalue weighted by Crippen LogP contribution is -2.25. The number of rotatable bonds is 4. The maximum atomic E-state index is 6.45. The Hall–Kier alpha value is -4.57. The van der Waals surface area contributed by atoms with Gasteiger partial charge in [-0.15, -0.1) is 0 Å². The summed E-state index contributed by atoms with van der Waals surface area (Å²) in [5.74, 6) is 2.27. The zero-order chi connectivity index (χ0) is 26.7. The van der Waals surface area contributed by atoms with Gasteiger partial charge in [-0.05, 0) is 40.9 Å². The molecule has 2 aromatic heterocycles. The highest BCUT2D eigenvalue weighted by Crippen LogP contribution is 2.46. The number of ether oxygens (including phenoxy) is 1. The maximum Gasteiger partial charge on any atom is 0.159 e. The molecule has 0 atom stereocenters. The van der Waals surface area contributed by atoms with Gasteiger partial charge in [0.05, 0.1) is 16.7 Å². The first-order valence-corrected chi connectivity index (χ1v) is 15.9. The summed E-state index contributed by atoms with van der Waals surface area (Å²) in [4.78, 5) is 9.65. The van der Waals surface area contributed by atoms with E-state index >= 15 is 0 Å². The molecule has 3 heterocycles. The predicted molar refractivity (Wildman–Crippen MR) is 168 cm³/mol. The summed E-state index contributed by atoms with van der Waals surface area (Å²) in [6, 6.07) is 39.3. The first kappa shape index (κ1) is 23.3. The summed E-state index contributed by atoms with van der Waals surface area (Å²) in [5, 5.41) is 5.62. The largest absolute Gasteiger partial charge is 0.453 e. The summed E-state index contributed by atoms with van der Waals surface area (Å²) in [6.07, 6.45) is 3.81. The molecule has 5 aromatic carbocycles. The van der Waals surface area contributed by atoms with Crippen molar-refractivity contribution in [2.75, 3.05) is 0 Å². The van der Waals surface area contributed by atoms with Gasteiger partial charge in [-0.3, -0.25) is 0 Å². The van der Waals surface area contributed by atoms with Gasteiger partial charge in [-0.2, -0.15) is 0 Å². The van der Waals surface area contributed by atoms with E-state index in [-0.39, 0.29) is 0 Å². The Balaban J connectivity index is 1.23. The van der Waals surface area contributed by atoms with Gasteiger partial charge in [0.1, 0.15) is 0 Å². The molecule has 0 spiro atoms. The number of benzene rings is 5. The van der Waals surface area contributed by atoms with Gasteiger partial charge in [0, 0.05) is 40.1 Å². The molecule has 0 fully saturated rings. The van der Waals surface area contributed by atoms with Crippen LogP contribution in [0.2, 0.25) is 0 Å². The first-order valence-electron chi connectivity index (χ1n) is 13.1. The van der Waals surface area contributed by atoms with E-state index in [0.29, 0.717) is 5.82 Å². The summed E-state index contributed by atoms with van der Waals surface area (Å²) in [5.41, 5.74) is 4.16. The molecule has 0 N–H and O–H groups in total. The number of aromatic nitrogens is 3. The molecule has 0 bridgehead atoms. The minimum absolute atomic E-state index is 0.638. The smallest absolute Gasteiger partial charge is 0.159 e. The monoisotopic (exact) mass is 551 g/mol. The highest BCUT2D eigenvalue weighted by atomic mass is 32.4. The van der Waals surface area contributed by atoms with Gasteiger partial charge in [0.15, 0.2) is 17.3 Å². The third-order valence-electron chi connectivity index (χ3n) is 7.58. The van der Waals surface area contributed by atoms with Gasteiger partial charge < -0.3 is 9.30 Å². The van der Waals surface area contributed by atoms with E-state index in [1.54, 1.807) is 0 Å². The summed E-state index contributed by atoms with van der Waals surface area (Å²) in [7, 11) is 0. The Bertz CT molecular complexity index is 2060. The normalized spacial score (nSPS) is 12.3. The fraction of sp³-hybridized carbons (Fsp3) is 0. The maximum absolute atomic E-state index is 6.45. The third kappa shape index (κ3) is 3.42. The molecular formula is C34H22N3OPS. The van der Waals surface area contributed by atoms with Crippen LogP contribution in [-0.2, 0) is 11.8 Å². The van der Waals surface area contributed by atoms with E-state index in [1.807, 2.05) is 60.9 Å². The van der Waals surface area contributed by atoms with Crippen LogP contribution >= 0.6 is 6.04 Å². The second-order valence-corrected chi connectivity index (χ2v) is 14.2. The Morgan fingerprint density at radius 2 is 1.25 bits per heavy atom. The van der Waals surface area contributed by atoms with Crippen LogP contribution in [0.15, 0.2) is 134 Å². The van der Waals surface area contributed by atoms with Gasteiger partial charge in [0.2, 0.25) is 0 Å². The summed E-state index contributed by atoms with van der Waals surface area (Å²) in [6.45, 7) is 0. The minimum Gasteiger partial charge on any atom is -0.453 e. The molecule has 7 aromatic rings. The van der Waals surface area contributed by atoms with Crippen molar-refractivity contribution in [2.45, 2.75) is 0 Å². The van der Waals surface area contributed by atoms with Crippen LogP contribution in [0.3, 0.4) is 0 Å². The van der Waals surface area contributed by atoms with Crippen LogP contribution in [0.4, 0.5) is 0 Å². The average molecular weight is 552 g/mol. The topological polar surface area (TPSA) is 39.9 Å². The SMILES string of the molecule is S=P(c1ccccc1)(c1ccccc1)c1cnc(-c2ccc3c(c2)Oc2cccc4c5ccccc5n-3c24)nc1. The molecule has 0 saturated carbocycles. The number of nitrogens with zero attached hydrogens (tertiary/aromatic N) is 3. The van der Waals surface area contributed by atoms with Crippen molar-refractivity contribution in [2.24, 2.45) is 0 Å². The highest BCUT2D eigenvalue weighted by Gasteiger charge is 2.27. The Morgan fingerprint density at radius 3 is 1.98 bits per heavy atom. The van der Waals surface area contributed by atoms with Crippen molar-refractivity contribution >= 4 is 55.6 Å². The average Bonchev–Trinajstić information content (AvgIpc) is 3.37. The predicted octanol–water partition coefficient (Wildman–Crippen LogP) is 7.10. The Kier molecular flexibility index (Phi) is 5.24. The van der Waals surface area contributed by atoms with Crippen LogP contribution in [-0.4, -0.2) is 14.5 Å². The van der Waals surface area contributed by atoms with E-state index in [2.05, 4.69) is 77.4 Å². The van der Waals surface area contributed by atoms with Crippen molar-refractivity contribution in [1.29, 1.82) is 0 Å². The fourth-order valence-corrected chi connectivity index (χ4v) is 9.25. The highest BCUT2D eigenvalue weighted by molar-refractivity contribution is 8.25. The van der Waals surface area contributed by atoms with Crippen molar-refractivity contribution in [1.82, 2.24) is 14.5 Å². The van der Waals surface area contributed by atoms with Gasteiger partial charge in [-0.25, -0.2) is 9.97 Å². The molecule has 40 heavy (non-hydrogen) atoms. The standard InChI is InChI=1S/C34H22N3OPS/c40-39(24-10-3-1-4-11-24,25-12-5-2-6-13-25)26-21-35-34(36-22-26)23-18-19-30-32(20-23)38-31-17-9-15-28-27-14-7-8-16-29(27)37(30)33(28)31/h1-22H. The van der Waals surface area contributed by atoms with Gasteiger partial charge in [0.25, 0.3) is 0 Å². The lowest BCUT2D eigenvalue weighted by atomic mass is 10.1. The zero-order valence-corrected chi connectivity index (χ0v) is 23.0. The Labute approximate surface area is 236 Å². The molecule has 0 unspecified atom stereocenters. The summed E-state index contributed by atoms with van der Waals surface area (Å²) < 4.78 is 8.74. The van der Waals surface area contributed by atoms with Gasteiger partial charge in [-0.1, -0.05) is 103 Å². The molecule has 0 aliphatic carbocycles. The van der Waals surface area contributed by atoms with Crippen LogP contribution in [0.1, 0.15) is 0 Å². The lowest BCUT2D eigenvalue weighted by Gasteiger charge is -2.23. The van der Waals surface area contributed by atoms with Crippen LogP contribution in [0.25, 0.3) is 38.9 Å². The molecule has 190 valence electrons. The van der Waals surface area contributed by atoms with E-state index in [0.717, 1.165) is 49.7 Å². The number of fused-ring (bicyclic) bond motifs is 5. The van der Waals surface area contributed by atoms with Crippen molar-refractivity contribution < 1.29 is 4.74 Å². The molecule has 1 aliphatic heterocycles. The minimum atomic E-state index is -2.30. The number of hydrogen-bond acceptors (Lipinski definition) is 4. The molecule has 4 nitrogen and oxygen atoms in total. The van der Waals surface area contributed by atoms with Crippen molar-refractivity contribution in [3.8, 4) is 28.6 Å². The Morgan fingerprint density at radius 1 is 0.600 bits per heavy atom. The quantitative estimate of drug-likeness (QED) is 0.219. The zero-order valence-electron chi connectivity index (χ0n) is 21.3. The van der Waals surface area contributed by atoms with Crippen LogP contribution < -0.4 is 20.7 Å². The molecule has 0 amide bonds. The lowest BCUT2D eigenvalue weighted by molar-refractivity contribution is 0.476. The van der Waals surface area contributed by atoms with Crippen LogP contribution in [0.5, 0.6) is 11.5 Å². The molecule has 0 saturated heterocycles. The molecular weight excluding hydrogens is 529 g/mol. The van der Waals surface area contributed by atoms with E-state index in [9.17, 15) is 0 Å². The number of para-hydroxylation sites is 2.